The van der Waals surface area contributed by atoms with Crippen molar-refractivity contribution in [3.8, 4) is 5.75 Å². The molecule has 0 heterocycles. The number of anilines is 1. The van der Waals surface area contributed by atoms with Gasteiger partial charge in [-0.3, -0.25) is 4.79 Å². The van der Waals surface area contributed by atoms with E-state index in [9.17, 15) is 23.1 Å². The number of esters is 1. The summed E-state index contributed by atoms with van der Waals surface area (Å²) in [5.74, 6) is -1.75. The number of benzene rings is 3. The lowest BCUT2D eigenvalue weighted by atomic mass is 10.1. The maximum absolute atomic E-state index is 12.3. The first-order valence-corrected chi connectivity index (χ1v) is 10.3. The predicted molar refractivity (Wildman–Crippen MR) is 112 cm³/mol. The van der Waals surface area contributed by atoms with E-state index in [1.54, 1.807) is 18.2 Å². The fourth-order valence-corrected chi connectivity index (χ4v) is 3.69. The Morgan fingerprint density at radius 3 is 2.33 bits per heavy atom. The third-order valence-corrected chi connectivity index (χ3v) is 6.13. The molecule has 0 aliphatic heterocycles. The van der Waals surface area contributed by atoms with Crippen LogP contribution >= 0.6 is 0 Å². The molecule has 0 fully saturated rings. The van der Waals surface area contributed by atoms with Crippen LogP contribution in [0.4, 0.5) is 5.69 Å². The molecular weight excluding hydrogens is 408 g/mol. The average molecular weight is 428 g/mol. The highest BCUT2D eigenvalue weighted by molar-refractivity contribution is 7.89. The van der Waals surface area contributed by atoms with Gasteiger partial charge in [0.1, 0.15) is 11.3 Å². The average Bonchev–Trinajstić information content (AvgIpc) is 2.71. The van der Waals surface area contributed by atoms with Gasteiger partial charge in [0.15, 0.2) is 6.61 Å². The first-order chi connectivity index (χ1) is 14.2. The van der Waals surface area contributed by atoms with E-state index in [1.807, 2.05) is 6.07 Å². The number of hydrogen-bond donors (Lipinski definition) is 2. The molecule has 156 valence electrons. The number of rotatable bonds is 6. The number of sulfonamides is 1. The van der Waals surface area contributed by atoms with Gasteiger partial charge < -0.3 is 15.2 Å². The largest absolute Gasteiger partial charge is 0.507 e. The summed E-state index contributed by atoms with van der Waals surface area (Å²) in [4.78, 5) is 24.4. The second kappa shape index (κ2) is 8.52. The van der Waals surface area contributed by atoms with Crippen molar-refractivity contribution in [2.45, 2.75) is 4.90 Å². The Morgan fingerprint density at radius 2 is 1.67 bits per heavy atom. The summed E-state index contributed by atoms with van der Waals surface area (Å²) in [5, 5.41) is 14.1. The minimum absolute atomic E-state index is 0.0170. The molecule has 0 bridgehead atoms. The van der Waals surface area contributed by atoms with Crippen molar-refractivity contribution in [3.63, 3.8) is 0 Å². The molecule has 0 aliphatic rings. The maximum atomic E-state index is 12.3. The minimum Gasteiger partial charge on any atom is -0.507 e. The van der Waals surface area contributed by atoms with E-state index in [1.165, 1.54) is 50.5 Å². The molecule has 0 unspecified atom stereocenters. The second-order valence-electron chi connectivity index (χ2n) is 6.66. The fourth-order valence-electron chi connectivity index (χ4n) is 2.74. The van der Waals surface area contributed by atoms with E-state index in [-0.39, 0.29) is 21.9 Å². The molecule has 3 rings (SSSR count). The van der Waals surface area contributed by atoms with Gasteiger partial charge in [0.05, 0.1) is 4.90 Å². The number of ether oxygens (including phenoxy) is 1. The van der Waals surface area contributed by atoms with Crippen LogP contribution in [0.2, 0.25) is 0 Å². The Kier molecular flexibility index (Phi) is 6.04. The normalized spacial score (nSPS) is 11.4. The van der Waals surface area contributed by atoms with E-state index < -0.39 is 28.5 Å². The zero-order valence-corrected chi connectivity index (χ0v) is 17.1. The number of aromatic hydroxyl groups is 1. The summed E-state index contributed by atoms with van der Waals surface area (Å²) in [7, 11) is -0.841. The Balaban J connectivity index is 1.67. The molecule has 0 aliphatic carbocycles. The number of phenols is 1. The van der Waals surface area contributed by atoms with Gasteiger partial charge in [-0.2, -0.15) is 0 Å². The van der Waals surface area contributed by atoms with Gasteiger partial charge >= 0.3 is 5.97 Å². The summed E-state index contributed by atoms with van der Waals surface area (Å²) < 4.78 is 30.4. The molecule has 0 saturated heterocycles. The monoisotopic (exact) mass is 428 g/mol. The quantitative estimate of drug-likeness (QED) is 0.584. The van der Waals surface area contributed by atoms with Gasteiger partial charge in [0, 0.05) is 19.8 Å². The fraction of sp³-hybridized carbons (Fsp3) is 0.143. The summed E-state index contributed by atoms with van der Waals surface area (Å²) in [5.41, 5.74) is 0.188. The Morgan fingerprint density at radius 1 is 1.00 bits per heavy atom. The SMILES string of the molecule is CN(C)S(=O)(=O)c1cccc(NC(=O)COC(=O)c2cc3ccccc3cc2O)c1. The Labute approximate surface area is 173 Å². The number of amides is 1. The lowest BCUT2D eigenvalue weighted by Gasteiger charge is -2.13. The molecule has 9 heteroatoms. The van der Waals surface area contributed by atoms with Crippen LogP contribution in [-0.2, 0) is 19.6 Å². The van der Waals surface area contributed by atoms with E-state index in [0.717, 1.165) is 15.1 Å². The lowest BCUT2D eigenvalue weighted by Crippen LogP contribution is -2.23. The highest BCUT2D eigenvalue weighted by Crippen LogP contribution is 2.25. The summed E-state index contributed by atoms with van der Waals surface area (Å²) >= 11 is 0. The van der Waals surface area contributed by atoms with Crippen LogP contribution in [-0.4, -0.2) is 50.4 Å². The van der Waals surface area contributed by atoms with E-state index in [4.69, 9.17) is 4.74 Å². The van der Waals surface area contributed by atoms with Crippen molar-refractivity contribution in [2.24, 2.45) is 0 Å². The Bertz CT molecular complexity index is 1220. The van der Waals surface area contributed by atoms with Gasteiger partial charge in [0.2, 0.25) is 10.0 Å². The van der Waals surface area contributed by atoms with Crippen LogP contribution < -0.4 is 5.32 Å². The van der Waals surface area contributed by atoms with Crippen molar-refractivity contribution < 1.29 is 27.9 Å². The first kappa shape index (κ1) is 21.3. The standard InChI is InChI=1S/C21H20N2O6S/c1-23(2)30(27,28)17-9-5-8-16(12-17)22-20(25)13-29-21(26)18-10-14-6-3-4-7-15(14)11-19(18)24/h3-12,24H,13H2,1-2H3,(H,22,25). The van der Waals surface area contributed by atoms with E-state index in [0.29, 0.717) is 0 Å². The number of fused-ring (bicyclic) bond motifs is 1. The zero-order valence-electron chi connectivity index (χ0n) is 16.3. The topological polar surface area (TPSA) is 113 Å². The molecule has 3 aromatic rings. The van der Waals surface area contributed by atoms with Crippen molar-refractivity contribution in [3.05, 3.63) is 66.2 Å². The molecule has 0 atom stereocenters. The molecule has 3 aromatic carbocycles. The molecule has 0 aromatic heterocycles. The van der Waals surface area contributed by atoms with E-state index in [2.05, 4.69) is 5.32 Å². The summed E-state index contributed by atoms with van der Waals surface area (Å²) in [6, 6.07) is 15.8. The number of nitrogens with one attached hydrogen (secondary N) is 1. The Hall–Kier alpha value is -3.43. The van der Waals surface area contributed by atoms with Crippen LogP contribution in [0.15, 0.2) is 65.6 Å². The predicted octanol–water partition coefficient (Wildman–Crippen LogP) is 2.59. The van der Waals surface area contributed by atoms with Crippen molar-refractivity contribution in [1.82, 2.24) is 4.31 Å². The smallest absolute Gasteiger partial charge is 0.342 e. The third kappa shape index (κ3) is 4.58. The van der Waals surface area contributed by atoms with Gasteiger partial charge in [-0.15, -0.1) is 0 Å². The zero-order chi connectivity index (χ0) is 21.9. The van der Waals surface area contributed by atoms with Gasteiger partial charge in [-0.1, -0.05) is 30.3 Å². The van der Waals surface area contributed by atoms with Gasteiger partial charge in [-0.25, -0.2) is 17.5 Å². The van der Waals surface area contributed by atoms with Crippen LogP contribution in [0.1, 0.15) is 10.4 Å². The van der Waals surface area contributed by atoms with Gasteiger partial charge in [-0.05, 0) is 41.1 Å². The summed E-state index contributed by atoms with van der Waals surface area (Å²) in [6.45, 7) is -0.601. The number of nitrogens with zero attached hydrogens (tertiary/aromatic N) is 1. The van der Waals surface area contributed by atoms with Crippen molar-refractivity contribution >= 4 is 38.4 Å². The molecule has 30 heavy (non-hydrogen) atoms. The van der Waals surface area contributed by atoms with Crippen LogP contribution in [0.3, 0.4) is 0 Å². The number of carbonyl (C=O) groups is 2. The lowest BCUT2D eigenvalue weighted by molar-refractivity contribution is -0.119. The first-order valence-electron chi connectivity index (χ1n) is 8.90. The highest BCUT2D eigenvalue weighted by atomic mass is 32.2. The molecule has 8 nitrogen and oxygen atoms in total. The van der Waals surface area contributed by atoms with Crippen LogP contribution in [0, 0.1) is 0 Å². The molecule has 1 amide bonds. The molecular formula is C21H20N2O6S. The van der Waals surface area contributed by atoms with Crippen molar-refractivity contribution in [1.29, 1.82) is 0 Å². The minimum atomic E-state index is -3.65. The molecule has 0 saturated carbocycles. The van der Waals surface area contributed by atoms with E-state index >= 15 is 0 Å². The maximum Gasteiger partial charge on any atom is 0.342 e. The number of carbonyl (C=O) groups excluding carboxylic acids is 2. The summed E-state index contributed by atoms with van der Waals surface area (Å²) in [6.07, 6.45) is 0. The second-order valence-corrected chi connectivity index (χ2v) is 8.81. The third-order valence-electron chi connectivity index (χ3n) is 4.31. The van der Waals surface area contributed by atoms with Crippen molar-refractivity contribution in [2.75, 3.05) is 26.0 Å². The number of hydrogen-bond acceptors (Lipinski definition) is 6. The van der Waals surface area contributed by atoms with Crippen LogP contribution in [0.25, 0.3) is 10.8 Å². The molecule has 0 radical (unpaired) electrons. The van der Waals surface area contributed by atoms with Gasteiger partial charge in [0.25, 0.3) is 5.91 Å². The highest BCUT2D eigenvalue weighted by Gasteiger charge is 2.18. The van der Waals surface area contributed by atoms with Crippen LogP contribution in [0.5, 0.6) is 5.75 Å². The number of phenolic OH excluding ortho intramolecular Hbond substituents is 1. The molecule has 2 N–H and O–H groups in total. The molecule has 0 spiro atoms.